The van der Waals surface area contributed by atoms with Crippen molar-refractivity contribution < 1.29 is 9.53 Å². The number of carbonyl (C=O) groups is 1. The topological polar surface area (TPSA) is 38.7 Å². The van der Waals surface area contributed by atoms with Crippen molar-refractivity contribution in [2.45, 2.75) is 6.92 Å². The third-order valence-electron chi connectivity index (χ3n) is 2.42. The van der Waals surface area contributed by atoms with E-state index in [1.807, 2.05) is 35.9 Å². The molecule has 0 atom stereocenters. The monoisotopic (exact) mass is 275 g/mol. The van der Waals surface area contributed by atoms with E-state index < -0.39 is 0 Å². The first-order valence-corrected chi connectivity index (χ1v) is 7.10. The summed E-state index contributed by atoms with van der Waals surface area (Å²) in [4.78, 5) is 18.0. The number of hydrogen-bond acceptors (Lipinski definition) is 5. The molecular formula is C13H9NO2S2. The minimum Gasteiger partial charge on any atom is -0.401 e. The molecule has 0 saturated heterocycles. The predicted molar refractivity (Wildman–Crippen MR) is 74.0 cm³/mol. The molecule has 0 fully saturated rings. The van der Waals surface area contributed by atoms with E-state index in [0.717, 1.165) is 10.4 Å². The van der Waals surface area contributed by atoms with Crippen molar-refractivity contribution in [3.63, 3.8) is 0 Å². The average molecular weight is 275 g/mol. The smallest absolute Gasteiger partial charge is 0.363 e. The van der Waals surface area contributed by atoms with Gasteiger partial charge in [-0.3, -0.25) is 0 Å². The van der Waals surface area contributed by atoms with Gasteiger partial charge in [0.25, 0.3) is 0 Å². The van der Waals surface area contributed by atoms with Gasteiger partial charge in [-0.05, 0) is 47.5 Å². The van der Waals surface area contributed by atoms with Crippen LogP contribution in [0.1, 0.15) is 15.3 Å². The summed E-state index contributed by atoms with van der Waals surface area (Å²) in [5.41, 5.74) is 1.33. The summed E-state index contributed by atoms with van der Waals surface area (Å²) in [7, 11) is 0. The van der Waals surface area contributed by atoms with Crippen molar-refractivity contribution in [2.24, 2.45) is 4.99 Å². The van der Waals surface area contributed by atoms with E-state index in [1.54, 1.807) is 28.7 Å². The van der Waals surface area contributed by atoms with Gasteiger partial charge in [-0.25, -0.2) is 9.79 Å². The van der Waals surface area contributed by atoms with Crippen LogP contribution in [0.4, 0.5) is 0 Å². The molecule has 1 aliphatic rings. The zero-order chi connectivity index (χ0) is 12.5. The van der Waals surface area contributed by atoms with Crippen LogP contribution in [0.5, 0.6) is 0 Å². The molecule has 5 heteroatoms. The van der Waals surface area contributed by atoms with Crippen molar-refractivity contribution >= 4 is 40.6 Å². The van der Waals surface area contributed by atoms with Gasteiger partial charge < -0.3 is 4.74 Å². The molecule has 0 bridgehead atoms. The Kier molecular flexibility index (Phi) is 2.85. The van der Waals surface area contributed by atoms with E-state index in [0.29, 0.717) is 11.6 Å². The van der Waals surface area contributed by atoms with E-state index in [9.17, 15) is 4.79 Å². The Labute approximate surface area is 112 Å². The number of nitrogens with zero attached hydrogens (tertiary/aromatic N) is 1. The molecule has 0 aromatic carbocycles. The largest absolute Gasteiger partial charge is 0.401 e. The quantitative estimate of drug-likeness (QED) is 0.622. The third kappa shape index (κ3) is 2.14. The molecule has 0 aliphatic carbocycles. The Morgan fingerprint density at radius 2 is 2.22 bits per heavy atom. The number of esters is 1. The summed E-state index contributed by atoms with van der Waals surface area (Å²) < 4.78 is 5.18. The van der Waals surface area contributed by atoms with Gasteiger partial charge in [0.15, 0.2) is 5.70 Å². The number of aryl methyl sites for hydroxylation is 1. The molecule has 0 saturated carbocycles. The van der Waals surface area contributed by atoms with Gasteiger partial charge in [0.05, 0.1) is 4.88 Å². The summed E-state index contributed by atoms with van der Waals surface area (Å²) in [5, 5.41) is 3.92. The molecule has 0 radical (unpaired) electrons. The number of cyclic esters (lactones) is 1. The van der Waals surface area contributed by atoms with E-state index in [-0.39, 0.29) is 5.97 Å². The maximum atomic E-state index is 11.7. The normalized spacial score (nSPS) is 17.1. The molecule has 90 valence electrons. The van der Waals surface area contributed by atoms with Crippen LogP contribution in [0.2, 0.25) is 0 Å². The Bertz CT molecular complexity index is 650. The summed E-state index contributed by atoms with van der Waals surface area (Å²) in [6.07, 6.45) is 1.74. The molecule has 0 amide bonds. The SMILES string of the molecule is Cc1ccc(C2=N/C(=C\c3ccsc3)C(=O)O2)s1. The second-order valence-electron chi connectivity index (χ2n) is 3.80. The van der Waals surface area contributed by atoms with Crippen molar-refractivity contribution in [3.8, 4) is 0 Å². The first-order valence-electron chi connectivity index (χ1n) is 5.34. The highest BCUT2D eigenvalue weighted by atomic mass is 32.1. The van der Waals surface area contributed by atoms with Crippen molar-refractivity contribution in [1.29, 1.82) is 0 Å². The lowest BCUT2D eigenvalue weighted by molar-refractivity contribution is -0.129. The van der Waals surface area contributed by atoms with Gasteiger partial charge in [0.1, 0.15) is 0 Å². The number of hydrogen-bond donors (Lipinski definition) is 0. The average Bonchev–Trinajstić information content (AvgIpc) is 3.03. The molecule has 18 heavy (non-hydrogen) atoms. The Morgan fingerprint density at radius 3 is 2.89 bits per heavy atom. The molecule has 0 spiro atoms. The fourth-order valence-electron chi connectivity index (χ4n) is 1.58. The molecule has 2 aromatic rings. The summed E-state index contributed by atoms with van der Waals surface area (Å²) >= 11 is 3.15. The van der Waals surface area contributed by atoms with Gasteiger partial charge in [-0.15, -0.1) is 11.3 Å². The molecule has 0 unspecified atom stereocenters. The van der Waals surface area contributed by atoms with Crippen LogP contribution in [-0.4, -0.2) is 11.9 Å². The molecule has 0 N–H and O–H groups in total. The Hall–Kier alpha value is -1.72. The molecule has 3 rings (SSSR count). The van der Waals surface area contributed by atoms with Crippen molar-refractivity contribution in [2.75, 3.05) is 0 Å². The Balaban J connectivity index is 1.94. The lowest BCUT2D eigenvalue weighted by Gasteiger charge is -1.92. The van der Waals surface area contributed by atoms with Gasteiger partial charge in [0, 0.05) is 4.88 Å². The minimum atomic E-state index is -0.387. The van der Waals surface area contributed by atoms with Gasteiger partial charge >= 0.3 is 5.97 Å². The maximum absolute atomic E-state index is 11.7. The van der Waals surface area contributed by atoms with Crippen molar-refractivity contribution in [3.05, 3.63) is 50.0 Å². The molecule has 3 nitrogen and oxygen atoms in total. The van der Waals surface area contributed by atoms with Crippen LogP contribution in [0.25, 0.3) is 6.08 Å². The maximum Gasteiger partial charge on any atom is 0.363 e. The fraction of sp³-hybridized carbons (Fsp3) is 0.0769. The van der Waals surface area contributed by atoms with E-state index in [2.05, 4.69) is 4.99 Å². The van der Waals surface area contributed by atoms with Crippen LogP contribution in [-0.2, 0) is 9.53 Å². The first-order chi connectivity index (χ1) is 8.72. The standard InChI is InChI=1S/C13H9NO2S2/c1-8-2-3-11(18-8)12-14-10(13(15)16-12)6-9-4-5-17-7-9/h2-7H,1H3/b10-6-. The highest BCUT2D eigenvalue weighted by Crippen LogP contribution is 2.23. The van der Waals surface area contributed by atoms with E-state index in [1.165, 1.54) is 4.88 Å². The zero-order valence-electron chi connectivity index (χ0n) is 9.54. The van der Waals surface area contributed by atoms with Crippen LogP contribution >= 0.6 is 22.7 Å². The van der Waals surface area contributed by atoms with Crippen LogP contribution in [0, 0.1) is 6.92 Å². The zero-order valence-corrected chi connectivity index (χ0v) is 11.2. The van der Waals surface area contributed by atoms with Gasteiger partial charge in [-0.2, -0.15) is 11.3 Å². The lowest BCUT2D eigenvalue weighted by atomic mass is 10.3. The van der Waals surface area contributed by atoms with Crippen LogP contribution in [0.3, 0.4) is 0 Å². The number of carbonyl (C=O) groups excluding carboxylic acids is 1. The highest BCUT2D eigenvalue weighted by molar-refractivity contribution is 7.14. The van der Waals surface area contributed by atoms with Crippen LogP contribution in [0.15, 0.2) is 39.6 Å². The fourth-order valence-corrected chi connectivity index (χ4v) is 2.99. The van der Waals surface area contributed by atoms with Crippen LogP contribution < -0.4 is 0 Å². The summed E-state index contributed by atoms with van der Waals surface area (Å²) in [5.74, 6) is 0.0156. The molecule has 2 aromatic heterocycles. The van der Waals surface area contributed by atoms with Gasteiger partial charge in [-0.1, -0.05) is 0 Å². The number of thiophene rings is 2. The molecular weight excluding hydrogens is 266 g/mol. The second kappa shape index (κ2) is 4.51. The number of rotatable bonds is 2. The Morgan fingerprint density at radius 1 is 1.33 bits per heavy atom. The molecule has 1 aliphatic heterocycles. The third-order valence-corrected chi connectivity index (χ3v) is 4.11. The second-order valence-corrected chi connectivity index (χ2v) is 5.87. The first kappa shape index (κ1) is 11.4. The molecule has 3 heterocycles. The predicted octanol–water partition coefficient (Wildman–Crippen LogP) is 3.46. The van der Waals surface area contributed by atoms with E-state index in [4.69, 9.17) is 4.74 Å². The number of aliphatic imine (C=N–C) groups is 1. The minimum absolute atomic E-state index is 0.356. The van der Waals surface area contributed by atoms with Gasteiger partial charge in [0.2, 0.25) is 5.90 Å². The summed E-state index contributed by atoms with van der Waals surface area (Å²) in [6.45, 7) is 2.01. The summed E-state index contributed by atoms with van der Waals surface area (Å²) in [6, 6.07) is 5.84. The highest BCUT2D eigenvalue weighted by Gasteiger charge is 2.24. The number of ether oxygens (including phenoxy) is 1. The van der Waals surface area contributed by atoms with Crippen molar-refractivity contribution in [1.82, 2.24) is 0 Å². The van der Waals surface area contributed by atoms with E-state index >= 15 is 0 Å². The lowest BCUT2D eigenvalue weighted by Crippen LogP contribution is -2.03.